The average molecular weight is 334 g/mol. The van der Waals surface area contributed by atoms with Crippen molar-refractivity contribution in [3.63, 3.8) is 0 Å². The molecule has 0 aliphatic heterocycles. The Bertz CT molecular complexity index is 722. The largest absolute Gasteiger partial charge is 0.465 e. The Morgan fingerprint density at radius 1 is 1.22 bits per heavy atom. The van der Waals surface area contributed by atoms with Crippen LogP contribution in [-0.4, -0.2) is 21.4 Å². The first-order valence-corrected chi connectivity index (χ1v) is 10.7. The fourth-order valence-electron chi connectivity index (χ4n) is 2.16. The van der Waals surface area contributed by atoms with Crippen molar-refractivity contribution >= 4 is 25.3 Å². The van der Waals surface area contributed by atoms with Crippen LogP contribution in [0.25, 0.3) is 11.0 Å². The topological polar surface area (TPSA) is 48.7 Å². The Labute approximate surface area is 138 Å². The number of benzene rings is 1. The molecule has 0 N–H and O–H groups in total. The summed E-state index contributed by atoms with van der Waals surface area (Å²) >= 11 is 0. The fraction of sp³-hybridized carbons (Fsp3) is 0.500. The molecular formula is C18H26O4Si. The van der Waals surface area contributed by atoms with Crippen molar-refractivity contribution in [1.29, 1.82) is 0 Å². The van der Waals surface area contributed by atoms with E-state index >= 15 is 0 Å². The van der Waals surface area contributed by atoms with Crippen LogP contribution in [-0.2, 0) is 15.8 Å². The lowest BCUT2D eigenvalue weighted by molar-refractivity contribution is 0.0601. The minimum atomic E-state index is -1.82. The van der Waals surface area contributed by atoms with Crippen molar-refractivity contribution in [1.82, 2.24) is 0 Å². The number of carbonyl (C=O) groups is 1. The summed E-state index contributed by atoms with van der Waals surface area (Å²) in [5.41, 5.74) is 2.25. The Hall–Kier alpha value is -1.59. The molecule has 0 aliphatic carbocycles. The number of furan rings is 1. The van der Waals surface area contributed by atoms with Gasteiger partial charge in [0.05, 0.1) is 19.3 Å². The van der Waals surface area contributed by atoms with E-state index in [0.717, 1.165) is 22.3 Å². The molecule has 0 fully saturated rings. The van der Waals surface area contributed by atoms with E-state index in [0.29, 0.717) is 12.2 Å². The zero-order valence-corrected chi connectivity index (χ0v) is 16.1. The molecule has 0 bridgehead atoms. The number of fused-ring (bicyclic) bond motifs is 1. The number of ether oxygens (including phenoxy) is 1. The van der Waals surface area contributed by atoms with E-state index in [4.69, 9.17) is 13.6 Å². The molecule has 2 rings (SSSR count). The van der Waals surface area contributed by atoms with E-state index in [1.165, 1.54) is 7.11 Å². The van der Waals surface area contributed by atoms with Crippen LogP contribution < -0.4 is 0 Å². The maximum atomic E-state index is 11.7. The highest BCUT2D eigenvalue weighted by Crippen LogP contribution is 2.37. The molecule has 0 spiro atoms. The molecule has 2 aromatic rings. The molecule has 126 valence electrons. The predicted octanol–water partition coefficient (Wildman–Crippen LogP) is 5.05. The van der Waals surface area contributed by atoms with Gasteiger partial charge in [-0.25, -0.2) is 4.79 Å². The minimum absolute atomic E-state index is 0.160. The first-order valence-electron chi connectivity index (χ1n) is 7.80. The number of hydrogen-bond acceptors (Lipinski definition) is 4. The van der Waals surface area contributed by atoms with Crippen LogP contribution in [0.1, 0.15) is 42.5 Å². The molecule has 0 atom stereocenters. The predicted molar refractivity (Wildman–Crippen MR) is 94.3 cm³/mol. The van der Waals surface area contributed by atoms with Crippen molar-refractivity contribution in [3.8, 4) is 0 Å². The number of esters is 1. The highest BCUT2D eigenvalue weighted by atomic mass is 28.4. The molecular weight excluding hydrogens is 308 g/mol. The van der Waals surface area contributed by atoms with Crippen LogP contribution in [0.4, 0.5) is 0 Å². The summed E-state index contributed by atoms with van der Waals surface area (Å²) in [5.74, 6) is 0.449. The molecule has 1 heterocycles. The SMILES string of the molecule is COC(=O)c1cc(C)c2oc(CO[Si](C)(C)C(C)(C)C)cc2c1. The Balaban J connectivity index is 2.27. The van der Waals surface area contributed by atoms with Gasteiger partial charge in [-0.1, -0.05) is 20.8 Å². The maximum absolute atomic E-state index is 11.7. The number of aryl methyl sites for hydroxylation is 1. The average Bonchev–Trinajstić information content (AvgIpc) is 2.86. The Morgan fingerprint density at radius 3 is 2.43 bits per heavy atom. The summed E-state index contributed by atoms with van der Waals surface area (Å²) in [7, 11) is -0.434. The molecule has 4 nitrogen and oxygen atoms in total. The monoisotopic (exact) mass is 334 g/mol. The first-order chi connectivity index (χ1) is 10.5. The zero-order chi connectivity index (χ0) is 17.4. The smallest absolute Gasteiger partial charge is 0.337 e. The van der Waals surface area contributed by atoms with Gasteiger partial charge in [-0.2, -0.15) is 0 Å². The summed E-state index contributed by atoms with van der Waals surface area (Å²) in [5, 5.41) is 1.06. The fourth-order valence-corrected chi connectivity index (χ4v) is 3.09. The van der Waals surface area contributed by atoms with E-state index in [1.54, 1.807) is 12.1 Å². The molecule has 0 aliphatic rings. The van der Waals surface area contributed by atoms with Gasteiger partial charge in [-0.3, -0.25) is 0 Å². The second-order valence-electron chi connectivity index (χ2n) is 7.46. The standard InChI is InChI=1S/C18H26O4Si/c1-12-8-14(17(19)20-5)9-13-10-15(22-16(12)13)11-21-23(6,7)18(2,3)4/h8-10H,11H2,1-7H3. The van der Waals surface area contributed by atoms with Gasteiger partial charge >= 0.3 is 5.97 Å². The Kier molecular flexibility index (Phi) is 4.73. The first kappa shape index (κ1) is 17.8. The third-order valence-electron chi connectivity index (χ3n) is 4.66. The van der Waals surface area contributed by atoms with E-state index in [1.807, 2.05) is 13.0 Å². The number of rotatable bonds is 4. The maximum Gasteiger partial charge on any atom is 0.337 e. The molecule has 5 heteroatoms. The second kappa shape index (κ2) is 6.13. The molecule has 0 saturated heterocycles. The molecule has 1 aromatic heterocycles. The van der Waals surface area contributed by atoms with Crippen LogP contribution in [0.2, 0.25) is 18.1 Å². The van der Waals surface area contributed by atoms with Crippen molar-refractivity contribution in [3.05, 3.63) is 35.1 Å². The highest BCUT2D eigenvalue weighted by molar-refractivity contribution is 6.74. The third-order valence-corrected chi connectivity index (χ3v) is 9.13. The van der Waals surface area contributed by atoms with Gasteiger partial charge in [0.25, 0.3) is 0 Å². The highest BCUT2D eigenvalue weighted by Gasteiger charge is 2.37. The summed E-state index contributed by atoms with van der Waals surface area (Å²) < 4.78 is 16.9. The second-order valence-corrected chi connectivity index (χ2v) is 12.3. The summed E-state index contributed by atoms with van der Waals surface area (Å²) in [6.07, 6.45) is 0. The van der Waals surface area contributed by atoms with Crippen LogP contribution in [0.3, 0.4) is 0 Å². The Morgan fingerprint density at radius 2 is 1.87 bits per heavy atom. The van der Waals surface area contributed by atoms with Gasteiger partial charge in [0, 0.05) is 5.39 Å². The van der Waals surface area contributed by atoms with Gasteiger partial charge in [0.2, 0.25) is 0 Å². The van der Waals surface area contributed by atoms with Crippen LogP contribution >= 0.6 is 0 Å². The quantitative estimate of drug-likeness (QED) is 0.580. The normalized spacial score (nSPS) is 12.7. The van der Waals surface area contributed by atoms with Gasteiger partial charge < -0.3 is 13.6 Å². The van der Waals surface area contributed by atoms with Crippen LogP contribution in [0, 0.1) is 6.92 Å². The van der Waals surface area contributed by atoms with E-state index < -0.39 is 8.32 Å². The van der Waals surface area contributed by atoms with Crippen molar-refractivity contribution < 1.29 is 18.4 Å². The zero-order valence-electron chi connectivity index (χ0n) is 15.1. The van der Waals surface area contributed by atoms with Gasteiger partial charge in [-0.15, -0.1) is 0 Å². The number of hydrogen-bond donors (Lipinski definition) is 0. The summed E-state index contributed by atoms with van der Waals surface area (Å²) in [4.78, 5) is 11.7. The lowest BCUT2D eigenvalue weighted by atomic mass is 10.1. The lowest BCUT2D eigenvalue weighted by Crippen LogP contribution is -2.40. The molecule has 0 saturated carbocycles. The number of carbonyl (C=O) groups excluding carboxylic acids is 1. The minimum Gasteiger partial charge on any atom is -0.465 e. The van der Waals surface area contributed by atoms with Crippen molar-refractivity contribution in [2.24, 2.45) is 0 Å². The number of methoxy groups -OCH3 is 1. The molecule has 1 aromatic carbocycles. The van der Waals surface area contributed by atoms with Crippen molar-refractivity contribution in [2.45, 2.75) is 52.4 Å². The van der Waals surface area contributed by atoms with E-state index in [-0.39, 0.29) is 11.0 Å². The van der Waals surface area contributed by atoms with Gasteiger partial charge in [0.1, 0.15) is 11.3 Å². The molecule has 0 amide bonds. The summed E-state index contributed by atoms with van der Waals surface area (Å²) in [6, 6.07) is 5.53. The van der Waals surface area contributed by atoms with E-state index in [9.17, 15) is 4.79 Å². The van der Waals surface area contributed by atoms with E-state index in [2.05, 4.69) is 33.9 Å². The molecule has 23 heavy (non-hydrogen) atoms. The van der Waals surface area contributed by atoms with Gasteiger partial charge in [0.15, 0.2) is 8.32 Å². The lowest BCUT2D eigenvalue weighted by Gasteiger charge is -2.35. The molecule has 0 unspecified atom stereocenters. The summed E-state index contributed by atoms with van der Waals surface area (Å²) in [6.45, 7) is 13.5. The van der Waals surface area contributed by atoms with Crippen LogP contribution in [0.15, 0.2) is 22.6 Å². The third kappa shape index (κ3) is 3.67. The van der Waals surface area contributed by atoms with Crippen molar-refractivity contribution in [2.75, 3.05) is 7.11 Å². The van der Waals surface area contributed by atoms with Gasteiger partial charge in [-0.05, 0) is 48.8 Å². The molecule has 0 radical (unpaired) electrons. The van der Waals surface area contributed by atoms with Crippen LogP contribution in [0.5, 0.6) is 0 Å².